The summed E-state index contributed by atoms with van der Waals surface area (Å²) >= 11 is 6.11. The lowest BCUT2D eigenvalue weighted by Crippen LogP contribution is -2.38. The molecule has 2 aliphatic rings. The average Bonchev–Trinajstić information content (AvgIpc) is 3.22. The van der Waals surface area contributed by atoms with Gasteiger partial charge in [0.05, 0.1) is 6.04 Å². The van der Waals surface area contributed by atoms with Gasteiger partial charge in [0.1, 0.15) is 5.82 Å². The van der Waals surface area contributed by atoms with E-state index >= 15 is 0 Å². The Labute approximate surface area is 153 Å². The van der Waals surface area contributed by atoms with Crippen LogP contribution < -0.4 is 5.73 Å². The fourth-order valence-corrected chi connectivity index (χ4v) is 3.35. The molecule has 1 saturated heterocycles. The summed E-state index contributed by atoms with van der Waals surface area (Å²) in [6, 6.07) is 4.89. The van der Waals surface area contributed by atoms with Crippen molar-refractivity contribution in [3.05, 3.63) is 34.6 Å². The quantitative estimate of drug-likeness (QED) is 0.429. The lowest BCUT2D eigenvalue weighted by Gasteiger charge is -2.21. The van der Waals surface area contributed by atoms with E-state index in [1.54, 1.807) is 12.1 Å². The molecule has 1 aliphatic carbocycles. The van der Waals surface area contributed by atoms with Crippen molar-refractivity contribution in [3.8, 4) is 0 Å². The molecule has 0 spiro atoms. The number of nitrogens with two attached hydrogens (primary N) is 1. The minimum atomic E-state index is -0.237. The number of likely N-dealkylation sites (tertiary alicyclic amines) is 1. The number of rotatable bonds is 2. The van der Waals surface area contributed by atoms with Crippen LogP contribution in [0.25, 0.3) is 0 Å². The predicted octanol–water partition coefficient (Wildman–Crippen LogP) is 4.14. The molecule has 0 radical (unpaired) electrons. The third kappa shape index (κ3) is 4.04. The molecular formula is C16H22ClFIN3. The third-order valence-electron chi connectivity index (χ3n) is 4.36. The lowest BCUT2D eigenvalue weighted by atomic mass is 10.1. The zero-order chi connectivity index (χ0) is 14.8. The lowest BCUT2D eigenvalue weighted by molar-refractivity contribution is 0.428. The van der Waals surface area contributed by atoms with Gasteiger partial charge in [-0.3, -0.25) is 0 Å². The van der Waals surface area contributed by atoms with Crippen LogP contribution >= 0.6 is 35.6 Å². The molecule has 0 aromatic heterocycles. The van der Waals surface area contributed by atoms with Crippen LogP contribution in [0.2, 0.25) is 5.02 Å². The smallest absolute Gasteiger partial charge is 0.191 e. The van der Waals surface area contributed by atoms with E-state index in [0.717, 1.165) is 19.5 Å². The number of benzene rings is 1. The molecule has 3 nitrogen and oxygen atoms in total. The first-order chi connectivity index (χ1) is 10.2. The fourth-order valence-electron chi connectivity index (χ4n) is 3.05. The summed E-state index contributed by atoms with van der Waals surface area (Å²) in [5.41, 5.74) is 6.72. The van der Waals surface area contributed by atoms with E-state index in [0.29, 0.717) is 16.5 Å². The van der Waals surface area contributed by atoms with Crippen LogP contribution in [-0.4, -0.2) is 30.0 Å². The van der Waals surface area contributed by atoms with E-state index < -0.39 is 0 Å². The molecule has 1 saturated carbocycles. The van der Waals surface area contributed by atoms with Crippen molar-refractivity contribution < 1.29 is 4.39 Å². The van der Waals surface area contributed by atoms with Gasteiger partial charge in [0.2, 0.25) is 0 Å². The standard InChI is InChI=1S/C16H21ClFN3.HI/c17-12-6-5-7-13(18)15(12)11-10-14(11)20-16(19)21-8-3-1-2-4-9-21;/h5-7,11,14H,1-4,8-10H2,(H2,19,20);1H. The molecule has 6 heteroatoms. The van der Waals surface area contributed by atoms with Crippen LogP contribution in [-0.2, 0) is 0 Å². The third-order valence-corrected chi connectivity index (χ3v) is 4.68. The Morgan fingerprint density at radius 3 is 2.55 bits per heavy atom. The molecule has 122 valence electrons. The highest BCUT2D eigenvalue weighted by molar-refractivity contribution is 14.0. The number of aliphatic imine (C=N–C) groups is 1. The van der Waals surface area contributed by atoms with Gasteiger partial charge in [0, 0.05) is 29.6 Å². The monoisotopic (exact) mass is 437 g/mol. The maximum absolute atomic E-state index is 13.9. The summed E-state index contributed by atoms with van der Waals surface area (Å²) in [7, 11) is 0. The van der Waals surface area contributed by atoms with E-state index in [4.69, 9.17) is 17.3 Å². The molecule has 2 fully saturated rings. The van der Waals surface area contributed by atoms with E-state index in [9.17, 15) is 4.39 Å². The average molecular weight is 438 g/mol. The molecule has 1 aliphatic heterocycles. The van der Waals surface area contributed by atoms with E-state index in [2.05, 4.69) is 9.89 Å². The maximum Gasteiger partial charge on any atom is 0.191 e. The number of hydrogen-bond acceptors (Lipinski definition) is 1. The van der Waals surface area contributed by atoms with Gasteiger partial charge in [-0.15, -0.1) is 24.0 Å². The summed E-state index contributed by atoms with van der Waals surface area (Å²) in [5.74, 6) is 0.444. The Bertz CT molecular complexity index is 524. The molecule has 1 aromatic rings. The topological polar surface area (TPSA) is 41.6 Å². The zero-order valence-electron chi connectivity index (χ0n) is 12.5. The van der Waals surface area contributed by atoms with Crippen molar-refractivity contribution >= 4 is 41.5 Å². The van der Waals surface area contributed by atoms with Crippen molar-refractivity contribution in [3.63, 3.8) is 0 Å². The maximum atomic E-state index is 13.9. The molecule has 3 rings (SSSR count). The summed E-state index contributed by atoms with van der Waals surface area (Å²) in [5, 5.41) is 0.492. The van der Waals surface area contributed by atoms with Gasteiger partial charge in [0.15, 0.2) is 5.96 Å². The van der Waals surface area contributed by atoms with Crippen LogP contribution in [0.4, 0.5) is 4.39 Å². The zero-order valence-corrected chi connectivity index (χ0v) is 15.6. The minimum Gasteiger partial charge on any atom is -0.370 e. The van der Waals surface area contributed by atoms with Crippen molar-refractivity contribution in [2.24, 2.45) is 10.7 Å². The first-order valence-electron chi connectivity index (χ1n) is 7.69. The highest BCUT2D eigenvalue weighted by Crippen LogP contribution is 2.47. The number of hydrogen-bond donors (Lipinski definition) is 1. The Hall–Kier alpha value is -0.560. The molecule has 1 aromatic carbocycles. The second kappa shape index (κ2) is 7.81. The largest absolute Gasteiger partial charge is 0.370 e. The predicted molar refractivity (Wildman–Crippen MR) is 99.6 cm³/mol. The van der Waals surface area contributed by atoms with Gasteiger partial charge in [-0.2, -0.15) is 0 Å². The van der Waals surface area contributed by atoms with Crippen molar-refractivity contribution in [1.29, 1.82) is 0 Å². The Kier molecular flexibility index (Phi) is 6.32. The summed E-state index contributed by atoms with van der Waals surface area (Å²) in [6.07, 6.45) is 5.70. The van der Waals surface area contributed by atoms with E-state index in [1.807, 2.05) is 0 Å². The van der Waals surface area contributed by atoms with Gasteiger partial charge in [-0.25, -0.2) is 9.38 Å². The van der Waals surface area contributed by atoms with Crippen molar-refractivity contribution in [1.82, 2.24) is 4.90 Å². The summed E-state index contributed by atoms with van der Waals surface area (Å²) in [6.45, 7) is 1.96. The Morgan fingerprint density at radius 1 is 1.23 bits per heavy atom. The van der Waals surface area contributed by atoms with Gasteiger partial charge in [0.25, 0.3) is 0 Å². The van der Waals surface area contributed by atoms with Crippen molar-refractivity contribution in [2.45, 2.75) is 44.1 Å². The summed E-state index contributed by atoms with van der Waals surface area (Å²) in [4.78, 5) is 6.75. The summed E-state index contributed by atoms with van der Waals surface area (Å²) < 4.78 is 13.9. The number of nitrogens with zero attached hydrogens (tertiary/aromatic N) is 2. The van der Waals surface area contributed by atoms with Crippen LogP contribution in [0.3, 0.4) is 0 Å². The van der Waals surface area contributed by atoms with E-state index in [1.165, 1.54) is 31.7 Å². The SMILES string of the molecule is I.NC(=NC1CC1c1c(F)cccc1Cl)N1CCCCCC1. The fraction of sp³-hybridized carbons (Fsp3) is 0.562. The second-order valence-corrected chi connectivity index (χ2v) is 6.34. The molecular weight excluding hydrogens is 416 g/mol. The van der Waals surface area contributed by atoms with Gasteiger partial charge < -0.3 is 10.6 Å². The number of guanidine groups is 1. The highest BCUT2D eigenvalue weighted by atomic mass is 127. The molecule has 22 heavy (non-hydrogen) atoms. The first-order valence-corrected chi connectivity index (χ1v) is 8.06. The van der Waals surface area contributed by atoms with Gasteiger partial charge in [-0.05, 0) is 31.4 Å². The van der Waals surface area contributed by atoms with Crippen LogP contribution in [0.15, 0.2) is 23.2 Å². The van der Waals surface area contributed by atoms with Gasteiger partial charge in [-0.1, -0.05) is 30.5 Å². The Balaban J connectivity index is 0.00000176. The molecule has 2 unspecified atom stereocenters. The minimum absolute atomic E-state index is 0. The number of halogens is 3. The molecule has 0 bridgehead atoms. The van der Waals surface area contributed by atoms with Crippen LogP contribution in [0.1, 0.15) is 43.6 Å². The highest BCUT2D eigenvalue weighted by Gasteiger charge is 2.41. The Morgan fingerprint density at radius 2 is 1.91 bits per heavy atom. The van der Waals surface area contributed by atoms with E-state index in [-0.39, 0.29) is 41.8 Å². The first kappa shape index (κ1) is 17.8. The molecule has 2 N–H and O–H groups in total. The van der Waals surface area contributed by atoms with Crippen LogP contribution in [0, 0.1) is 5.82 Å². The molecule has 2 atom stereocenters. The molecule has 1 heterocycles. The normalized spacial score (nSPS) is 25.4. The van der Waals surface area contributed by atoms with Crippen molar-refractivity contribution in [2.75, 3.05) is 13.1 Å². The van der Waals surface area contributed by atoms with Gasteiger partial charge >= 0.3 is 0 Å². The van der Waals surface area contributed by atoms with Crippen LogP contribution in [0.5, 0.6) is 0 Å². The molecule has 0 amide bonds. The second-order valence-electron chi connectivity index (χ2n) is 5.93.